The molecule has 0 bridgehead atoms. The van der Waals surface area contributed by atoms with E-state index in [2.05, 4.69) is 5.32 Å². The smallest absolute Gasteiger partial charge is 0.203 e. The van der Waals surface area contributed by atoms with Gasteiger partial charge in [-0.3, -0.25) is 0 Å². The van der Waals surface area contributed by atoms with Crippen molar-refractivity contribution in [2.24, 2.45) is 5.73 Å². The molecule has 18 heavy (non-hydrogen) atoms. The van der Waals surface area contributed by atoms with Crippen LogP contribution in [0.25, 0.3) is 0 Å². The number of methoxy groups -OCH3 is 3. The summed E-state index contributed by atoms with van der Waals surface area (Å²) in [5, 5.41) is 3.08. The van der Waals surface area contributed by atoms with Gasteiger partial charge in [0.25, 0.3) is 0 Å². The zero-order valence-electron chi connectivity index (χ0n) is 11.4. The Morgan fingerprint density at radius 3 is 2.06 bits per heavy atom. The minimum atomic E-state index is -0.0637. The second-order valence-electron chi connectivity index (χ2n) is 3.96. The van der Waals surface area contributed by atoms with Gasteiger partial charge in [0.05, 0.1) is 21.3 Å². The summed E-state index contributed by atoms with van der Waals surface area (Å²) >= 11 is 0. The summed E-state index contributed by atoms with van der Waals surface area (Å²) in [5.74, 6) is 1.85. The first-order valence-corrected chi connectivity index (χ1v) is 5.88. The lowest BCUT2D eigenvalue weighted by atomic mass is 10.0. The normalized spacial score (nSPS) is 12.1. The molecule has 0 aliphatic rings. The van der Waals surface area contributed by atoms with Gasteiger partial charge in [-0.25, -0.2) is 0 Å². The number of hydrogen-bond donors (Lipinski definition) is 2. The molecule has 3 N–H and O–H groups in total. The van der Waals surface area contributed by atoms with Crippen molar-refractivity contribution >= 4 is 0 Å². The van der Waals surface area contributed by atoms with Gasteiger partial charge in [0, 0.05) is 6.04 Å². The molecule has 0 fully saturated rings. The second kappa shape index (κ2) is 7.08. The Hall–Kier alpha value is -1.46. The number of benzene rings is 1. The summed E-state index contributed by atoms with van der Waals surface area (Å²) in [6.07, 6.45) is 0.842. The lowest BCUT2D eigenvalue weighted by Crippen LogP contribution is -2.18. The number of nitrogens with one attached hydrogen (secondary N) is 1. The van der Waals surface area contributed by atoms with E-state index < -0.39 is 0 Å². The molecule has 0 saturated heterocycles. The molecule has 1 aromatic carbocycles. The molecule has 102 valence electrons. The zero-order chi connectivity index (χ0) is 13.5. The first-order chi connectivity index (χ1) is 8.67. The Bertz CT molecular complexity index is 357. The molecule has 5 nitrogen and oxygen atoms in total. The van der Waals surface area contributed by atoms with Gasteiger partial charge in [-0.2, -0.15) is 0 Å². The molecule has 0 aliphatic heterocycles. The maximum absolute atomic E-state index is 6.13. The molecule has 1 atom stereocenters. The van der Waals surface area contributed by atoms with E-state index in [1.54, 1.807) is 21.3 Å². The summed E-state index contributed by atoms with van der Waals surface area (Å²) in [4.78, 5) is 0. The first-order valence-electron chi connectivity index (χ1n) is 5.88. The molecule has 0 spiro atoms. The fourth-order valence-corrected chi connectivity index (χ4v) is 1.78. The summed E-state index contributed by atoms with van der Waals surface area (Å²) < 4.78 is 15.9. The standard InChI is InChI=1S/C13H22N2O3/c1-15-6-5-10(14)9-7-11(16-2)13(18-4)12(8-9)17-3/h7-8,10,15H,5-6,14H2,1-4H3. The fraction of sp³-hybridized carbons (Fsp3) is 0.538. The highest BCUT2D eigenvalue weighted by atomic mass is 16.5. The maximum Gasteiger partial charge on any atom is 0.203 e. The zero-order valence-corrected chi connectivity index (χ0v) is 11.4. The number of nitrogens with two attached hydrogens (primary N) is 1. The van der Waals surface area contributed by atoms with Gasteiger partial charge in [0.2, 0.25) is 5.75 Å². The Labute approximate surface area is 108 Å². The Morgan fingerprint density at radius 1 is 1.11 bits per heavy atom. The lowest BCUT2D eigenvalue weighted by Gasteiger charge is -2.17. The molecule has 0 aliphatic carbocycles. The van der Waals surface area contributed by atoms with E-state index in [1.165, 1.54) is 0 Å². The van der Waals surface area contributed by atoms with Crippen LogP contribution in [0.5, 0.6) is 17.2 Å². The number of hydrogen-bond acceptors (Lipinski definition) is 5. The molecular weight excluding hydrogens is 232 g/mol. The molecule has 0 radical (unpaired) electrons. The van der Waals surface area contributed by atoms with E-state index in [4.69, 9.17) is 19.9 Å². The van der Waals surface area contributed by atoms with Gasteiger partial charge in [0.1, 0.15) is 0 Å². The van der Waals surface area contributed by atoms with E-state index >= 15 is 0 Å². The van der Waals surface area contributed by atoms with Crippen LogP contribution in [-0.2, 0) is 0 Å². The monoisotopic (exact) mass is 254 g/mol. The van der Waals surface area contributed by atoms with Gasteiger partial charge in [-0.15, -0.1) is 0 Å². The largest absolute Gasteiger partial charge is 0.493 e. The molecule has 1 rings (SSSR count). The van der Waals surface area contributed by atoms with Crippen LogP contribution < -0.4 is 25.3 Å². The van der Waals surface area contributed by atoms with Crippen molar-refractivity contribution in [2.45, 2.75) is 12.5 Å². The molecule has 1 aromatic rings. The number of ether oxygens (including phenoxy) is 3. The van der Waals surface area contributed by atoms with Crippen molar-refractivity contribution in [2.75, 3.05) is 34.9 Å². The Kier molecular flexibility index (Phi) is 5.74. The van der Waals surface area contributed by atoms with Crippen LogP contribution in [-0.4, -0.2) is 34.9 Å². The van der Waals surface area contributed by atoms with Gasteiger partial charge >= 0.3 is 0 Å². The predicted octanol–water partition coefficient (Wildman–Crippen LogP) is 1.32. The van der Waals surface area contributed by atoms with Crippen molar-refractivity contribution in [1.82, 2.24) is 5.32 Å². The molecule has 0 amide bonds. The van der Waals surface area contributed by atoms with Crippen molar-refractivity contribution < 1.29 is 14.2 Å². The summed E-state index contributed by atoms with van der Waals surface area (Å²) in [7, 11) is 6.68. The average molecular weight is 254 g/mol. The third-order valence-electron chi connectivity index (χ3n) is 2.82. The second-order valence-corrected chi connectivity index (χ2v) is 3.96. The molecule has 1 unspecified atom stereocenters. The van der Waals surface area contributed by atoms with Crippen LogP contribution >= 0.6 is 0 Å². The SMILES string of the molecule is CNCCC(N)c1cc(OC)c(OC)c(OC)c1. The molecule has 0 aromatic heterocycles. The van der Waals surface area contributed by atoms with E-state index in [0.717, 1.165) is 18.5 Å². The maximum atomic E-state index is 6.13. The Morgan fingerprint density at radius 2 is 1.67 bits per heavy atom. The van der Waals surface area contributed by atoms with Crippen molar-refractivity contribution in [3.63, 3.8) is 0 Å². The van der Waals surface area contributed by atoms with Gasteiger partial charge in [0.15, 0.2) is 11.5 Å². The van der Waals surface area contributed by atoms with Crippen molar-refractivity contribution in [1.29, 1.82) is 0 Å². The van der Waals surface area contributed by atoms with Gasteiger partial charge in [-0.1, -0.05) is 0 Å². The first kappa shape index (κ1) is 14.6. The summed E-state index contributed by atoms with van der Waals surface area (Å²) in [6.45, 7) is 0.859. The minimum Gasteiger partial charge on any atom is -0.493 e. The molecule has 0 heterocycles. The molecule has 5 heteroatoms. The van der Waals surface area contributed by atoms with Crippen molar-refractivity contribution in [3.8, 4) is 17.2 Å². The highest BCUT2D eigenvalue weighted by Gasteiger charge is 2.16. The Balaban J connectivity index is 3.06. The minimum absolute atomic E-state index is 0.0637. The highest BCUT2D eigenvalue weighted by Crippen LogP contribution is 2.39. The lowest BCUT2D eigenvalue weighted by molar-refractivity contribution is 0.323. The molecule has 0 saturated carbocycles. The molecular formula is C13H22N2O3. The van der Waals surface area contributed by atoms with Gasteiger partial charge in [-0.05, 0) is 37.7 Å². The fourth-order valence-electron chi connectivity index (χ4n) is 1.78. The highest BCUT2D eigenvalue weighted by molar-refractivity contribution is 5.54. The van der Waals surface area contributed by atoms with E-state index in [1.807, 2.05) is 19.2 Å². The third-order valence-corrected chi connectivity index (χ3v) is 2.82. The average Bonchev–Trinajstić information content (AvgIpc) is 2.42. The summed E-state index contributed by atoms with van der Waals surface area (Å²) in [5.41, 5.74) is 7.10. The number of rotatable bonds is 7. The van der Waals surface area contributed by atoms with Crippen LogP contribution in [0.1, 0.15) is 18.0 Å². The van der Waals surface area contributed by atoms with E-state index in [-0.39, 0.29) is 6.04 Å². The van der Waals surface area contributed by atoms with Gasteiger partial charge < -0.3 is 25.3 Å². The van der Waals surface area contributed by atoms with Crippen LogP contribution in [0.15, 0.2) is 12.1 Å². The van der Waals surface area contributed by atoms with Crippen molar-refractivity contribution in [3.05, 3.63) is 17.7 Å². The van der Waals surface area contributed by atoms with E-state index in [9.17, 15) is 0 Å². The summed E-state index contributed by atoms with van der Waals surface area (Å²) in [6, 6.07) is 3.72. The topological polar surface area (TPSA) is 65.7 Å². The van der Waals surface area contributed by atoms with Crippen LogP contribution in [0, 0.1) is 0 Å². The third kappa shape index (κ3) is 3.27. The van der Waals surface area contributed by atoms with Crippen LogP contribution in [0.3, 0.4) is 0 Å². The van der Waals surface area contributed by atoms with Crippen LogP contribution in [0.4, 0.5) is 0 Å². The van der Waals surface area contributed by atoms with Crippen LogP contribution in [0.2, 0.25) is 0 Å². The predicted molar refractivity (Wildman–Crippen MR) is 71.6 cm³/mol. The quantitative estimate of drug-likeness (QED) is 0.768. The van der Waals surface area contributed by atoms with E-state index in [0.29, 0.717) is 17.2 Å².